The highest BCUT2D eigenvalue weighted by Crippen LogP contribution is 2.15. The van der Waals surface area contributed by atoms with Crippen LogP contribution < -0.4 is 5.32 Å². The van der Waals surface area contributed by atoms with Gasteiger partial charge in [0.15, 0.2) is 0 Å². The SMILES string of the molecule is CCC(Br)C(=O)Nc1nnc(C)s1. The number of amides is 1. The van der Waals surface area contributed by atoms with Crippen LogP contribution in [0.15, 0.2) is 0 Å². The first kappa shape index (κ1) is 10.6. The average Bonchev–Trinajstić information content (AvgIpc) is 2.49. The minimum absolute atomic E-state index is 0.0707. The fourth-order valence-electron chi connectivity index (χ4n) is 0.716. The van der Waals surface area contributed by atoms with Gasteiger partial charge in [-0.25, -0.2) is 0 Å². The quantitative estimate of drug-likeness (QED) is 0.849. The standard InChI is InChI=1S/C7H10BrN3OS/c1-3-5(8)6(12)9-7-11-10-4(2)13-7/h5H,3H2,1-2H3,(H,9,11,12). The molecular weight excluding hydrogens is 254 g/mol. The van der Waals surface area contributed by atoms with Crippen LogP contribution in [0.2, 0.25) is 0 Å². The summed E-state index contributed by atoms with van der Waals surface area (Å²) in [6, 6.07) is 0. The van der Waals surface area contributed by atoms with Gasteiger partial charge in [0.1, 0.15) is 5.01 Å². The first-order chi connectivity index (χ1) is 6.13. The summed E-state index contributed by atoms with van der Waals surface area (Å²) in [7, 11) is 0. The lowest BCUT2D eigenvalue weighted by molar-refractivity contribution is -0.115. The van der Waals surface area contributed by atoms with Gasteiger partial charge in [-0.1, -0.05) is 34.2 Å². The molecular formula is C7H10BrN3OS. The van der Waals surface area contributed by atoms with Gasteiger partial charge in [-0.15, -0.1) is 10.2 Å². The average molecular weight is 264 g/mol. The smallest absolute Gasteiger partial charge is 0.239 e. The highest BCUT2D eigenvalue weighted by molar-refractivity contribution is 9.10. The zero-order chi connectivity index (χ0) is 9.84. The first-order valence-corrected chi connectivity index (χ1v) is 5.61. The van der Waals surface area contributed by atoms with Crippen LogP contribution in [0.5, 0.6) is 0 Å². The zero-order valence-electron chi connectivity index (χ0n) is 7.37. The molecule has 1 rings (SSSR count). The number of carbonyl (C=O) groups is 1. The number of anilines is 1. The summed E-state index contributed by atoms with van der Waals surface area (Å²) >= 11 is 4.62. The van der Waals surface area contributed by atoms with Crippen LogP contribution in [0, 0.1) is 6.92 Å². The van der Waals surface area contributed by atoms with Gasteiger partial charge in [0, 0.05) is 0 Å². The molecule has 0 aliphatic rings. The third kappa shape index (κ3) is 3.04. The van der Waals surface area contributed by atoms with Gasteiger partial charge in [0.2, 0.25) is 11.0 Å². The molecule has 13 heavy (non-hydrogen) atoms. The number of hydrogen-bond donors (Lipinski definition) is 1. The normalized spacial score (nSPS) is 12.5. The van der Waals surface area contributed by atoms with Crippen molar-refractivity contribution >= 4 is 38.3 Å². The lowest BCUT2D eigenvalue weighted by Gasteiger charge is -2.04. The van der Waals surface area contributed by atoms with Crippen LogP contribution >= 0.6 is 27.3 Å². The molecule has 1 unspecified atom stereocenters. The Morgan fingerprint density at radius 2 is 2.38 bits per heavy atom. The van der Waals surface area contributed by atoms with Crippen molar-refractivity contribution in [2.75, 3.05) is 5.32 Å². The monoisotopic (exact) mass is 263 g/mol. The summed E-state index contributed by atoms with van der Waals surface area (Å²) in [5, 5.41) is 11.7. The molecule has 1 heterocycles. The predicted octanol–water partition coefficient (Wildman–Crippen LogP) is 1.96. The Hall–Kier alpha value is -0.490. The van der Waals surface area contributed by atoms with E-state index in [4.69, 9.17) is 0 Å². The van der Waals surface area contributed by atoms with Crippen molar-refractivity contribution in [2.45, 2.75) is 25.1 Å². The summed E-state index contributed by atoms with van der Waals surface area (Å²) in [5.74, 6) is -0.0707. The maximum Gasteiger partial charge on any atom is 0.239 e. The van der Waals surface area contributed by atoms with E-state index in [0.717, 1.165) is 11.4 Å². The minimum atomic E-state index is -0.156. The fraction of sp³-hybridized carbons (Fsp3) is 0.571. The van der Waals surface area contributed by atoms with Gasteiger partial charge in [0.25, 0.3) is 0 Å². The van der Waals surface area contributed by atoms with Gasteiger partial charge < -0.3 is 0 Å². The third-order valence-corrected chi connectivity index (χ3v) is 3.22. The zero-order valence-corrected chi connectivity index (χ0v) is 9.78. The van der Waals surface area contributed by atoms with Crippen molar-refractivity contribution in [2.24, 2.45) is 0 Å². The number of hydrogen-bond acceptors (Lipinski definition) is 4. The molecule has 0 fully saturated rings. The van der Waals surface area contributed by atoms with Crippen LogP contribution in [-0.2, 0) is 4.79 Å². The summed E-state index contributed by atoms with van der Waals surface area (Å²) in [5.41, 5.74) is 0. The molecule has 0 saturated carbocycles. The van der Waals surface area contributed by atoms with E-state index in [1.54, 1.807) is 0 Å². The number of nitrogens with one attached hydrogen (secondary N) is 1. The Kier molecular flexibility index (Phi) is 3.80. The molecule has 72 valence electrons. The van der Waals surface area contributed by atoms with Crippen molar-refractivity contribution in [1.82, 2.24) is 10.2 Å². The van der Waals surface area contributed by atoms with Crippen LogP contribution in [0.1, 0.15) is 18.4 Å². The second-order valence-electron chi connectivity index (χ2n) is 2.49. The molecule has 0 aliphatic heterocycles. The van der Waals surface area contributed by atoms with E-state index in [1.165, 1.54) is 11.3 Å². The van der Waals surface area contributed by atoms with E-state index >= 15 is 0 Å². The molecule has 1 amide bonds. The highest BCUT2D eigenvalue weighted by Gasteiger charge is 2.13. The van der Waals surface area contributed by atoms with Crippen molar-refractivity contribution < 1.29 is 4.79 Å². The van der Waals surface area contributed by atoms with Gasteiger partial charge in [-0.3, -0.25) is 10.1 Å². The Bertz CT molecular complexity index is 302. The number of aryl methyl sites for hydroxylation is 1. The van der Waals surface area contributed by atoms with E-state index in [2.05, 4.69) is 31.4 Å². The molecule has 0 bridgehead atoms. The minimum Gasteiger partial charge on any atom is -0.300 e. The number of rotatable bonds is 3. The van der Waals surface area contributed by atoms with Crippen LogP contribution in [0.25, 0.3) is 0 Å². The molecule has 4 nitrogen and oxygen atoms in total. The number of nitrogens with zero attached hydrogens (tertiary/aromatic N) is 2. The van der Waals surface area contributed by atoms with Crippen molar-refractivity contribution in [1.29, 1.82) is 0 Å². The van der Waals surface area contributed by atoms with Crippen LogP contribution in [-0.4, -0.2) is 20.9 Å². The van der Waals surface area contributed by atoms with Crippen molar-refractivity contribution in [3.05, 3.63) is 5.01 Å². The Morgan fingerprint density at radius 1 is 1.69 bits per heavy atom. The lowest BCUT2D eigenvalue weighted by atomic mass is 10.3. The van der Waals surface area contributed by atoms with Gasteiger partial charge in [-0.2, -0.15) is 0 Å². The topological polar surface area (TPSA) is 54.9 Å². The maximum absolute atomic E-state index is 11.3. The predicted molar refractivity (Wildman–Crippen MR) is 56.3 cm³/mol. The van der Waals surface area contributed by atoms with E-state index < -0.39 is 0 Å². The van der Waals surface area contributed by atoms with Gasteiger partial charge in [-0.05, 0) is 13.3 Å². The fourth-order valence-corrected chi connectivity index (χ4v) is 1.43. The molecule has 0 spiro atoms. The summed E-state index contributed by atoms with van der Waals surface area (Å²) in [6.45, 7) is 3.78. The number of aromatic nitrogens is 2. The van der Waals surface area contributed by atoms with Crippen LogP contribution in [0.3, 0.4) is 0 Å². The summed E-state index contributed by atoms with van der Waals surface area (Å²) < 4.78 is 0. The highest BCUT2D eigenvalue weighted by atomic mass is 79.9. The van der Waals surface area contributed by atoms with E-state index in [1.807, 2.05) is 13.8 Å². The summed E-state index contributed by atoms with van der Waals surface area (Å²) in [6.07, 6.45) is 0.754. The van der Waals surface area contributed by atoms with Crippen molar-refractivity contribution in [3.8, 4) is 0 Å². The molecule has 1 N–H and O–H groups in total. The van der Waals surface area contributed by atoms with Gasteiger partial charge in [0.05, 0.1) is 4.83 Å². The first-order valence-electron chi connectivity index (χ1n) is 3.88. The molecule has 1 aromatic rings. The van der Waals surface area contributed by atoms with E-state index in [9.17, 15) is 4.79 Å². The molecule has 0 saturated heterocycles. The second-order valence-corrected chi connectivity index (χ2v) is 4.78. The second kappa shape index (κ2) is 4.66. The number of halogens is 1. The van der Waals surface area contributed by atoms with E-state index in [-0.39, 0.29) is 10.7 Å². The van der Waals surface area contributed by atoms with Gasteiger partial charge >= 0.3 is 0 Å². The number of carbonyl (C=O) groups excluding carboxylic acids is 1. The Morgan fingerprint density at radius 3 is 2.85 bits per heavy atom. The Balaban J connectivity index is 2.54. The molecule has 0 aliphatic carbocycles. The summed E-state index contributed by atoms with van der Waals surface area (Å²) in [4.78, 5) is 11.2. The van der Waals surface area contributed by atoms with E-state index in [0.29, 0.717) is 5.13 Å². The largest absolute Gasteiger partial charge is 0.300 e. The third-order valence-electron chi connectivity index (χ3n) is 1.40. The molecule has 0 radical (unpaired) electrons. The molecule has 0 aromatic carbocycles. The maximum atomic E-state index is 11.3. The Labute approximate surface area is 88.9 Å². The molecule has 1 aromatic heterocycles. The number of alkyl halides is 1. The molecule has 6 heteroatoms. The lowest BCUT2D eigenvalue weighted by Crippen LogP contribution is -2.21. The van der Waals surface area contributed by atoms with Crippen LogP contribution in [0.4, 0.5) is 5.13 Å². The van der Waals surface area contributed by atoms with Crippen molar-refractivity contribution in [3.63, 3.8) is 0 Å². The molecule has 1 atom stereocenters.